The molecule has 0 aromatic rings. The first-order valence-electron chi connectivity index (χ1n) is 1.91. The summed E-state index contributed by atoms with van der Waals surface area (Å²) in [6.45, 7) is 4.51. The van der Waals surface area contributed by atoms with Crippen molar-refractivity contribution in [1.82, 2.24) is 0 Å². The Morgan fingerprint density at radius 2 is 2.00 bits per heavy atom. The molecule has 0 saturated carbocycles. The van der Waals surface area contributed by atoms with E-state index >= 15 is 0 Å². The summed E-state index contributed by atoms with van der Waals surface area (Å²) in [5, 5.41) is 7.42. The van der Waals surface area contributed by atoms with Crippen LogP contribution in [0.5, 0.6) is 0 Å². The SMILES string of the molecule is C=[CH][Na].CC(=O)O. The molecule has 0 aromatic carbocycles. The van der Waals surface area contributed by atoms with Crippen LogP contribution < -0.4 is 0 Å². The van der Waals surface area contributed by atoms with E-state index in [0.29, 0.717) is 0 Å². The van der Waals surface area contributed by atoms with Gasteiger partial charge in [0.2, 0.25) is 0 Å². The first kappa shape index (κ1) is 10.2. The van der Waals surface area contributed by atoms with E-state index in [1.165, 1.54) is 0 Å². The Morgan fingerprint density at radius 3 is 2.00 bits per heavy atom. The summed E-state index contributed by atoms with van der Waals surface area (Å²) in [5.74, 6) is -0.833. The fourth-order valence-corrected chi connectivity index (χ4v) is 0. The van der Waals surface area contributed by atoms with Crippen LogP contribution in [-0.2, 0) is 4.79 Å². The van der Waals surface area contributed by atoms with Crippen LogP contribution in [0, 0.1) is 0 Å². The van der Waals surface area contributed by atoms with Crippen molar-refractivity contribution in [3.8, 4) is 0 Å². The van der Waals surface area contributed by atoms with E-state index in [9.17, 15) is 0 Å². The summed E-state index contributed by atoms with van der Waals surface area (Å²) in [5.41, 5.74) is 0. The average molecular weight is 110 g/mol. The molecular formula is C4H7NaO2. The number of hydrogen-bond donors (Lipinski definition) is 1. The Hall–Kier alpha value is 0.210. The second-order valence-corrected chi connectivity index (χ2v) is 1.74. The van der Waals surface area contributed by atoms with Gasteiger partial charge in [-0.15, -0.1) is 0 Å². The van der Waals surface area contributed by atoms with E-state index in [0.717, 1.165) is 34.9 Å². The molecule has 0 unspecified atom stereocenters. The van der Waals surface area contributed by atoms with E-state index < -0.39 is 5.97 Å². The Morgan fingerprint density at radius 1 is 2.00 bits per heavy atom. The zero-order chi connectivity index (χ0) is 6.28. The van der Waals surface area contributed by atoms with E-state index in [1.54, 1.807) is 0 Å². The maximum absolute atomic E-state index is 9.00. The maximum Gasteiger partial charge on any atom is 0.300 e. The fraction of sp³-hybridized carbons (Fsp3) is 0.250. The van der Waals surface area contributed by atoms with Gasteiger partial charge in [-0.3, -0.25) is 4.79 Å². The van der Waals surface area contributed by atoms with Gasteiger partial charge in [0.15, 0.2) is 0 Å². The molecule has 2 nitrogen and oxygen atoms in total. The van der Waals surface area contributed by atoms with Gasteiger partial charge in [0.05, 0.1) is 0 Å². The van der Waals surface area contributed by atoms with Crippen LogP contribution in [0.2, 0.25) is 0 Å². The van der Waals surface area contributed by atoms with Crippen molar-refractivity contribution in [2.45, 2.75) is 6.92 Å². The van der Waals surface area contributed by atoms with Gasteiger partial charge in [0, 0.05) is 6.92 Å². The molecule has 0 aliphatic carbocycles. The van der Waals surface area contributed by atoms with Crippen LogP contribution in [0.25, 0.3) is 0 Å². The summed E-state index contributed by atoms with van der Waals surface area (Å²) < 4.78 is 1.89. The minimum absolute atomic E-state index is 0.833. The minimum atomic E-state index is -0.833. The largest absolute Gasteiger partial charge is 0.481 e. The van der Waals surface area contributed by atoms with Crippen molar-refractivity contribution >= 4 is 33.9 Å². The molecule has 0 amide bonds. The van der Waals surface area contributed by atoms with Crippen molar-refractivity contribution in [2.24, 2.45) is 0 Å². The van der Waals surface area contributed by atoms with Crippen LogP contribution in [0.15, 0.2) is 9.90 Å². The molecule has 0 spiro atoms. The molecular weight excluding hydrogens is 103 g/mol. The zero-order valence-electron chi connectivity index (χ0n) is 4.64. The first-order chi connectivity index (χ1) is 3.15. The van der Waals surface area contributed by atoms with Crippen LogP contribution >= 0.6 is 0 Å². The minimum Gasteiger partial charge on any atom is -0.481 e. The van der Waals surface area contributed by atoms with E-state index in [1.807, 2.05) is 3.33 Å². The molecule has 0 aromatic heterocycles. The quantitative estimate of drug-likeness (QED) is 0.458. The number of aliphatic carboxylic acids is 1. The molecule has 0 radical (unpaired) electrons. The number of carboxylic acids is 1. The van der Waals surface area contributed by atoms with E-state index in [2.05, 4.69) is 6.58 Å². The molecule has 1 N–H and O–H groups in total. The Bertz CT molecular complexity index is 56.7. The first-order valence-corrected chi connectivity index (χ1v) is 3.07. The van der Waals surface area contributed by atoms with Crippen molar-refractivity contribution in [3.63, 3.8) is 0 Å². The summed E-state index contributed by atoms with van der Waals surface area (Å²) in [7, 11) is 0. The van der Waals surface area contributed by atoms with E-state index in [4.69, 9.17) is 9.90 Å². The smallest absolute Gasteiger partial charge is 0.300 e. The van der Waals surface area contributed by atoms with Gasteiger partial charge in [0.1, 0.15) is 0 Å². The normalized spacial score (nSPS) is 5.57. The van der Waals surface area contributed by atoms with Gasteiger partial charge in [-0.05, 0) is 0 Å². The molecule has 0 aliphatic rings. The van der Waals surface area contributed by atoms with Crippen molar-refractivity contribution < 1.29 is 9.90 Å². The van der Waals surface area contributed by atoms with E-state index in [-0.39, 0.29) is 0 Å². The van der Waals surface area contributed by atoms with Gasteiger partial charge in [0.25, 0.3) is 5.97 Å². The number of carbonyl (C=O) groups is 1. The predicted octanol–water partition coefficient (Wildman–Crippen LogP) is 0.389. The Balaban J connectivity index is 0. The van der Waals surface area contributed by atoms with Gasteiger partial charge >= 0.3 is 37.8 Å². The summed E-state index contributed by atoms with van der Waals surface area (Å²) in [4.78, 5) is 9.00. The fourth-order valence-electron chi connectivity index (χ4n) is 0. The van der Waals surface area contributed by atoms with Gasteiger partial charge < -0.3 is 5.11 Å². The third-order valence-electron chi connectivity index (χ3n) is 0. The van der Waals surface area contributed by atoms with Crippen molar-refractivity contribution in [3.05, 3.63) is 9.90 Å². The third kappa shape index (κ3) is 2500. The van der Waals surface area contributed by atoms with Crippen LogP contribution in [-0.4, -0.2) is 39.0 Å². The number of carboxylic acid groups (broad SMARTS) is 1. The zero-order valence-corrected chi connectivity index (χ0v) is 6.64. The Kier molecular flexibility index (Phi) is 13.9. The van der Waals surface area contributed by atoms with Crippen LogP contribution in [0.4, 0.5) is 0 Å². The topological polar surface area (TPSA) is 37.3 Å². The van der Waals surface area contributed by atoms with Gasteiger partial charge in [-0.2, -0.15) is 0 Å². The monoisotopic (exact) mass is 110 g/mol. The van der Waals surface area contributed by atoms with Crippen molar-refractivity contribution in [1.29, 1.82) is 0 Å². The van der Waals surface area contributed by atoms with Crippen LogP contribution in [0.3, 0.4) is 0 Å². The molecule has 0 saturated heterocycles. The second kappa shape index (κ2) is 9.51. The number of hydrogen-bond acceptors (Lipinski definition) is 1. The maximum atomic E-state index is 9.00. The summed E-state index contributed by atoms with van der Waals surface area (Å²) >= 11 is 1.13. The molecule has 0 atom stereocenters. The molecule has 0 rings (SSSR count). The molecule has 0 fully saturated rings. The molecule has 36 valence electrons. The average Bonchev–Trinajstić information content (AvgIpc) is 1.33. The Labute approximate surface area is 60.6 Å². The number of rotatable bonds is 0. The second-order valence-electron chi connectivity index (χ2n) is 0.927. The van der Waals surface area contributed by atoms with Crippen LogP contribution in [0.1, 0.15) is 6.92 Å². The predicted molar refractivity (Wildman–Crippen MR) is 29.3 cm³/mol. The molecule has 0 heterocycles. The third-order valence-corrected chi connectivity index (χ3v) is 0. The molecule has 3 heteroatoms. The van der Waals surface area contributed by atoms with Crippen molar-refractivity contribution in [2.75, 3.05) is 0 Å². The van der Waals surface area contributed by atoms with Gasteiger partial charge in [-0.25, -0.2) is 0 Å². The molecule has 0 bridgehead atoms. The summed E-state index contributed by atoms with van der Waals surface area (Å²) in [6.07, 6.45) is 0. The standard InChI is InChI=1S/C2H4O2.C2H3.Na/c1-2(3)4;1-2;/h1H3,(H,3,4);1H,2H2;. The molecule has 7 heavy (non-hydrogen) atoms. The van der Waals surface area contributed by atoms with Gasteiger partial charge in [-0.1, -0.05) is 0 Å². The summed E-state index contributed by atoms with van der Waals surface area (Å²) in [6, 6.07) is 0. The molecule has 0 aliphatic heterocycles.